The van der Waals surface area contributed by atoms with Gasteiger partial charge in [-0.3, -0.25) is 0 Å². The van der Waals surface area contributed by atoms with E-state index in [1.54, 1.807) is 0 Å². The van der Waals surface area contributed by atoms with Crippen LogP contribution in [0.2, 0.25) is 0 Å². The first-order valence-electron chi connectivity index (χ1n) is 12.7. The molecule has 2 aliphatic rings. The van der Waals surface area contributed by atoms with Crippen LogP contribution < -0.4 is 0 Å². The van der Waals surface area contributed by atoms with E-state index in [1.165, 1.54) is 21.5 Å². The van der Waals surface area contributed by atoms with Gasteiger partial charge in [0.1, 0.15) is 0 Å². The minimum Gasteiger partial charge on any atom is -0.355 e. The Morgan fingerprint density at radius 2 is 0.641 bits per heavy atom. The van der Waals surface area contributed by atoms with Gasteiger partial charge in [0.25, 0.3) is 0 Å². The van der Waals surface area contributed by atoms with Crippen LogP contribution in [0, 0.1) is 0 Å². The van der Waals surface area contributed by atoms with Crippen molar-refractivity contribution in [3.8, 4) is 0 Å². The standard InChI is InChI=1S/C20H14N4.C14H10.Zn/c1-2-14-10-16-5-6-18(23-16)12-20-8-7-19(24-20)11-17-4-3-15(22-17)9-13(1)21-14;1-2-6-12-10-14-8-4-3-7-13(14)9-11(12)5-1;/h1-12,21,24H;1-10H;. The second-order valence-corrected chi connectivity index (χ2v) is 9.45. The first kappa shape index (κ1) is 24.7. The molecule has 0 saturated carbocycles. The molecule has 0 amide bonds. The average molecular weight is 554 g/mol. The molecule has 182 valence electrons. The molecule has 39 heavy (non-hydrogen) atoms. The van der Waals surface area contributed by atoms with Gasteiger partial charge in [0.05, 0.1) is 22.8 Å². The fourth-order valence-corrected chi connectivity index (χ4v) is 4.83. The summed E-state index contributed by atoms with van der Waals surface area (Å²) in [6.45, 7) is 0. The summed E-state index contributed by atoms with van der Waals surface area (Å²) in [5.74, 6) is 0. The molecule has 0 radical (unpaired) electrons. The summed E-state index contributed by atoms with van der Waals surface area (Å²) in [7, 11) is 0. The molecular weight excluding hydrogens is 530 g/mol. The summed E-state index contributed by atoms with van der Waals surface area (Å²) < 4.78 is 0. The molecule has 0 unspecified atom stereocenters. The fourth-order valence-electron chi connectivity index (χ4n) is 4.83. The van der Waals surface area contributed by atoms with Crippen LogP contribution in [0.25, 0.3) is 67.9 Å². The third-order valence-corrected chi connectivity index (χ3v) is 6.66. The molecule has 5 heterocycles. The number of hydrogen-bond acceptors (Lipinski definition) is 2. The quantitative estimate of drug-likeness (QED) is 0.146. The Labute approximate surface area is 238 Å². The van der Waals surface area contributed by atoms with Crippen LogP contribution in [-0.4, -0.2) is 19.9 Å². The predicted molar refractivity (Wildman–Crippen MR) is 160 cm³/mol. The van der Waals surface area contributed by atoms with E-state index in [1.807, 2.05) is 48.6 Å². The third-order valence-electron chi connectivity index (χ3n) is 6.66. The first-order valence-corrected chi connectivity index (χ1v) is 12.7. The third kappa shape index (κ3) is 5.50. The largest absolute Gasteiger partial charge is 0.355 e. The van der Waals surface area contributed by atoms with Crippen LogP contribution in [0.5, 0.6) is 0 Å². The summed E-state index contributed by atoms with van der Waals surface area (Å²) in [5, 5.41) is 5.25. The number of aromatic amines is 2. The van der Waals surface area contributed by atoms with Gasteiger partial charge in [-0.25, -0.2) is 9.97 Å². The van der Waals surface area contributed by atoms with Crippen molar-refractivity contribution in [2.24, 2.45) is 0 Å². The minimum absolute atomic E-state index is 0. The van der Waals surface area contributed by atoms with Crippen molar-refractivity contribution in [1.82, 2.24) is 19.9 Å². The molecule has 3 aromatic heterocycles. The number of hydrogen-bond donors (Lipinski definition) is 2. The number of fused-ring (bicyclic) bond motifs is 10. The monoisotopic (exact) mass is 552 g/mol. The zero-order valence-electron chi connectivity index (χ0n) is 21.3. The van der Waals surface area contributed by atoms with Gasteiger partial charge in [0.2, 0.25) is 0 Å². The number of nitrogens with one attached hydrogen (secondary N) is 2. The van der Waals surface area contributed by atoms with Crippen LogP contribution in [0.1, 0.15) is 22.8 Å². The summed E-state index contributed by atoms with van der Waals surface area (Å²) in [6.07, 6.45) is 8.09. The maximum absolute atomic E-state index is 4.63. The number of H-pyrrole nitrogens is 2. The Morgan fingerprint density at radius 3 is 0.923 bits per heavy atom. The molecule has 6 aromatic rings. The van der Waals surface area contributed by atoms with Crippen molar-refractivity contribution in [3.63, 3.8) is 0 Å². The zero-order chi connectivity index (χ0) is 25.3. The number of rotatable bonds is 0. The molecule has 0 fully saturated rings. The van der Waals surface area contributed by atoms with Crippen LogP contribution in [0.4, 0.5) is 0 Å². The molecule has 0 saturated heterocycles. The number of benzene rings is 3. The van der Waals surface area contributed by atoms with Crippen molar-refractivity contribution in [3.05, 3.63) is 132 Å². The van der Waals surface area contributed by atoms with E-state index in [-0.39, 0.29) is 19.5 Å². The molecule has 0 aliphatic carbocycles. The zero-order valence-corrected chi connectivity index (χ0v) is 24.3. The van der Waals surface area contributed by atoms with Crippen LogP contribution in [-0.2, 0) is 19.5 Å². The van der Waals surface area contributed by atoms with Gasteiger partial charge in [-0.15, -0.1) is 0 Å². The topological polar surface area (TPSA) is 57.4 Å². The van der Waals surface area contributed by atoms with Crippen molar-refractivity contribution >= 4 is 67.9 Å². The van der Waals surface area contributed by atoms with Gasteiger partial charge in [0.15, 0.2) is 0 Å². The van der Waals surface area contributed by atoms with Gasteiger partial charge in [-0.05, 0) is 107 Å². The molecule has 3 aromatic carbocycles. The Kier molecular flexibility index (Phi) is 6.75. The van der Waals surface area contributed by atoms with E-state index in [2.05, 4.69) is 105 Å². The fraction of sp³-hybridized carbons (Fsp3) is 0. The van der Waals surface area contributed by atoms with Crippen LogP contribution >= 0.6 is 0 Å². The van der Waals surface area contributed by atoms with Crippen molar-refractivity contribution in [1.29, 1.82) is 0 Å². The van der Waals surface area contributed by atoms with E-state index < -0.39 is 0 Å². The second-order valence-electron chi connectivity index (χ2n) is 9.45. The predicted octanol–water partition coefficient (Wildman–Crippen LogP) is 8.65. The van der Waals surface area contributed by atoms with Crippen molar-refractivity contribution < 1.29 is 19.5 Å². The van der Waals surface area contributed by atoms with E-state index in [0.717, 1.165) is 44.8 Å². The molecule has 0 atom stereocenters. The minimum atomic E-state index is 0. The van der Waals surface area contributed by atoms with Gasteiger partial charge in [0, 0.05) is 41.5 Å². The molecule has 8 rings (SSSR count). The Morgan fingerprint density at radius 1 is 0.359 bits per heavy atom. The van der Waals surface area contributed by atoms with E-state index >= 15 is 0 Å². The van der Waals surface area contributed by atoms with Crippen molar-refractivity contribution in [2.75, 3.05) is 0 Å². The van der Waals surface area contributed by atoms with Crippen LogP contribution in [0.3, 0.4) is 0 Å². The first-order chi connectivity index (χ1) is 18.7. The van der Waals surface area contributed by atoms with Gasteiger partial charge < -0.3 is 9.97 Å². The molecule has 2 N–H and O–H groups in total. The molecule has 8 bridgehead atoms. The Hall–Kier alpha value is -4.60. The molecule has 4 nitrogen and oxygen atoms in total. The van der Waals surface area contributed by atoms with E-state index in [0.29, 0.717) is 0 Å². The average Bonchev–Trinajstić information content (AvgIpc) is 3.74. The molecule has 0 spiro atoms. The number of nitrogens with zero attached hydrogens (tertiary/aromatic N) is 2. The normalized spacial score (nSPS) is 11.7. The molecular formula is C34H24N4Zn. The van der Waals surface area contributed by atoms with Gasteiger partial charge >= 0.3 is 0 Å². The Balaban J connectivity index is 0.000000158. The van der Waals surface area contributed by atoms with E-state index in [9.17, 15) is 0 Å². The van der Waals surface area contributed by atoms with Crippen LogP contribution in [0.15, 0.2) is 109 Å². The maximum Gasteiger partial charge on any atom is 0.0658 e. The Bertz CT molecular complexity index is 1770. The van der Waals surface area contributed by atoms with Gasteiger partial charge in [-0.2, -0.15) is 0 Å². The maximum atomic E-state index is 4.63. The second kappa shape index (κ2) is 10.6. The van der Waals surface area contributed by atoms with Gasteiger partial charge in [-0.1, -0.05) is 48.5 Å². The molecule has 2 aliphatic heterocycles. The SMILES string of the molecule is C1=Cc2cc3ccc(cc4nc(cc5ccc(cc1n2)[nH]5)C=C4)[nH]3.[Zn].c1ccc2cc3ccccc3cc2c1. The summed E-state index contributed by atoms with van der Waals surface area (Å²) >= 11 is 0. The smallest absolute Gasteiger partial charge is 0.0658 e. The summed E-state index contributed by atoms with van der Waals surface area (Å²) in [5.41, 5.74) is 7.86. The van der Waals surface area contributed by atoms with Crippen molar-refractivity contribution in [2.45, 2.75) is 0 Å². The summed E-state index contributed by atoms with van der Waals surface area (Å²) in [4.78, 5) is 16.0. The van der Waals surface area contributed by atoms with E-state index in [4.69, 9.17) is 0 Å². The molecule has 5 heteroatoms. The summed E-state index contributed by atoms with van der Waals surface area (Å²) in [6, 6.07) is 37.8. The number of aromatic nitrogens is 4.